The summed E-state index contributed by atoms with van der Waals surface area (Å²) in [6.07, 6.45) is 26.1. The predicted octanol–water partition coefficient (Wildman–Crippen LogP) is 13.6. The third kappa shape index (κ3) is 18.2. The van der Waals surface area contributed by atoms with E-state index in [0.717, 1.165) is 118 Å². The number of hydrogen-bond donors (Lipinski definition) is 2. The van der Waals surface area contributed by atoms with Crippen molar-refractivity contribution in [3.63, 3.8) is 0 Å². The number of phosphoric acid groups is 1. The highest BCUT2D eigenvalue weighted by atomic mass is 31.2. The Morgan fingerprint density at radius 2 is 1.38 bits per heavy atom. The zero-order valence-corrected chi connectivity index (χ0v) is 50.9. The summed E-state index contributed by atoms with van der Waals surface area (Å²) in [4.78, 5) is 55.7. The number of aliphatic hydroxyl groups is 1. The number of aliphatic imine (C=N–C) groups is 3. The van der Waals surface area contributed by atoms with E-state index in [2.05, 4.69) is 65.9 Å². The number of unbranched alkanes of at least 4 members (excludes halogenated alkanes) is 15. The van der Waals surface area contributed by atoms with Crippen LogP contribution in [0.5, 0.6) is 0 Å². The van der Waals surface area contributed by atoms with Crippen LogP contribution < -0.4 is 10.2 Å². The van der Waals surface area contributed by atoms with E-state index < -0.39 is 32.5 Å². The number of nitrogens with zero attached hydrogens (tertiary/aromatic N) is 4. The summed E-state index contributed by atoms with van der Waals surface area (Å²) < 4.78 is 41.9. The molecule has 0 spiro atoms. The molecule has 6 rings (SSSR count). The lowest BCUT2D eigenvalue weighted by Gasteiger charge is -2.28. The molecule has 16 heteroatoms. The van der Waals surface area contributed by atoms with Gasteiger partial charge in [0.25, 0.3) is 7.82 Å². The van der Waals surface area contributed by atoms with Gasteiger partial charge in [0.05, 0.1) is 68.1 Å². The molecule has 5 unspecified atom stereocenters. The fraction of sp³-hybridized carbons (Fsp3) is 0.667. The molecule has 0 aromatic heterocycles. The number of rotatable bonds is 35. The van der Waals surface area contributed by atoms with Crippen molar-refractivity contribution >= 4 is 36.9 Å². The lowest BCUT2D eigenvalue weighted by atomic mass is 9.86. The van der Waals surface area contributed by atoms with Gasteiger partial charge in [-0.15, -0.1) is 0 Å². The van der Waals surface area contributed by atoms with Crippen molar-refractivity contribution in [2.75, 3.05) is 54.1 Å². The van der Waals surface area contributed by atoms with Gasteiger partial charge in [-0.25, -0.2) is 15.0 Å². The summed E-state index contributed by atoms with van der Waals surface area (Å²) in [6, 6.07) is 0. The average Bonchev–Trinajstić information content (AvgIpc) is 4.34. The van der Waals surface area contributed by atoms with Gasteiger partial charge in [-0.1, -0.05) is 124 Å². The molecule has 0 radical (unpaired) electrons. The largest absolute Gasteiger partial charge is 0.756 e. The normalized spacial score (nSPS) is 20.6. The Bertz CT molecular complexity index is 2600. The zero-order valence-electron chi connectivity index (χ0n) is 50.0. The third-order valence-electron chi connectivity index (χ3n) is 16.2. The van der Waals surface area contributed by atoms with Gasteiger partial charge < -0.3 is 43.1 Å². The average molecular weight is 1110 g/mol. The molecule has 2 N–H and O–H groups in total. The molecule has 8 bridgehead atoms. The van der Waals surface area contributed by atoms with Crippen LogP contribution in [-0.2, 0) is 37.4 Å². The number of ether oxygens (including phenoxy) is 3. The molecule has 0 aromatic rings. The minimum atomic E-state index is -4.80. The number of aliphatic hydroxyl groups excluding tert-OH is 1. The molecule has 5 atom stereocenters. The monoisotopic (exact) mass is 1110 g/mol. The SMILES string of the molecule is CCCCCCCCCCCCCCCC(=O)OCC(COP(=O)([O-])OCC[N+](C)(C)C)OC(=O)CCC1C2=C3CC(O)=C4C3=NC(=C4C)C=C3N=C(C=C4N=C(C=C(N2)C1C)C(C)=C4C(C)OCCCCCC)C(C)=C3CC. The lowest BCUT2D eigenvalue weighted by Crippen LogP contribution is -2.37. The lowest BCUT2D eigenvalue weighted by molar-refractivity contribution is -0.870. The Hall–Kier alpha value is -4.50. The number of esters is 2. The van der Waals surface area contributed by atoms with Crippen LogP contribution in [0.2, 0.25) is 0 Å². The maximum atomic E-state index is 14.0. The summed E-state index contributed by atoms with van der Waals surface area (Å²) in [5.41, 5.74) is 13.2. The molecule has 79 heavy (non-hydrogen) atoms. The molecule has 0 aromatic carbocycles. The molecular formula is C63H96N5O10P. The van der Waals surface area contributed by atoms with E-state index in [0.29, 0.717) is 41.8 Å². The molecular weight excluding hydrogens is 1020 g/mol. The van der Waals surface area contributed by atoms with Crippen molar-refractivity contribution in [1.29, 1.82) is 0 Å². The van der Waals surface area contributed by atoms with Crippen LogP contribution in [0.25, 0.3) is 0 Å². The van der Waals surface area contributed by atoms with Crippen LogP contribution in [0.15, 0.2) is 106 Å². The molecule has 1 fully saturated rings. The highest BCUT2D eigenvalue weighted by molar-refractivity contribution is 7.45. The smallest absolute Gasteiger partial charge is 0.306 e. The van der Waals surface area contributed by atoms with Crippen LogP contribution in [0, 0.1) is 11.8 Å². The standard InChI is InChI=1S/C63H96N5O10P/c1-12-15-17-19-20-21-22-23-24-25-26-27-28-30-58(70)75-40-47(41-77-79(72,73)76-35-33-68(9,10)11)78-59(71)32-31-49-43(5)52-37-53-44(6)60(46(8)74-34-29-18-16-13-2)56(65-53)39-51-42(4)48(14-3)55(64-51)38-54-45(7)61-57(69)36-50(62(49)66-52)63(61)67-54/h37-39,43,46-47,49H,12-36,40-41H2,1-11H3,(H2-,64,65,66,67,69,72,73). The molecule has 5 heterocycles. The van der Waals surface area contributed by atoms with Crippen molar-refractivity contribution in [2.24, 2.45) is 26.8 Å². The summed E-state index contributed by atoms with van der Waals surface area (Å²) in [5.74, 6) is -1.22. The molecule has 1 saturated heterocycles. The molecule has 6 aliphatic rings. The summed E-state index contributed by atoms with van der Waals surface area (Å²) in [5, 5.41) is 15.5. The number of carbonyl (C=O) groups is 2. The van der Waals surface area contributed by atoms with Gasteiger partial charge in [0.1, 0.15) is 25.5 Å². The van der Waals surface area contributed by atoms with Gasteiger partial charge >= 0.3 is 11.9 Å². The maximum absolute atomic E-state index is 14.0. The maximum Gasteiger partial charge on any atom is 0.306 e. The first-order chi connectivity index (χ1) is 37.7. The minimum absolute atomic E-state index is 0.0534. The predicted molar refractivity (Wildman–Crippen MR) is 314 cm³/mol. The molecule has 15 nitrogen and oxygen atoms in total. The van der Waals surface area contributed by atoms with Crippen molar-refractivity contribution in [1.82, 2.24) is 5.32 Å². The summed E-state index contributed by atoms with van der Waals surface area (Å²) >= 11 is 0. The van der Waals surface area contributed by atoms with Gasteiger partial charge in [0.15, 0.2) is 6.10 Å². The number of likely N-dealkylation sites (N-methyl/N-ethyl adjacent to an activating group) is 1. The number of nitrogens with one attached hydrogen (secondary N) is 1. The van der Waals surface area contributed by atoms with Gasteiger partial charge in [-0.05, 0) is 93.9 Å². The van der Waals surface area contributed by atoms with E-state index in [-0.39, 0.29) is 56.2 Å². The molecule has 5 aliphatic heterocycles. The van der Waals surface area contributed by atoms with Gasteiger partial charge in [0, 0.05) is 65.8 Å². The van der Waals surface area contributed by atoms with Gasteiger partial charge in [0.2, 0.25) is 0 Å². The van der Waals surface area contributed by atoms with Crippen molar-refractivity contribution in [3.05, 3.63) is 91.5 Å². The quantitative estimate of drug-likeness (QED) is 0.0266. The van der Waals surface area contributed by atoms with E-state index in [1.165, 1.54) is 64.2 Å². The summed E-state index contributed by atoms with van der Waals surface area (Å²) in [6.45, 7) is 17.0. The Labute approximate surface area is 473 Å². The van der Waals surface area contributed by atoms with E-state index >= 15 is 0 Å². The molecule has 1 aliphatic carbocycles. The number of phosphoric ester groups is 1. The van der Waals surface area contributed by atoms with Crippen LogP contribution in [0.4, 0.5) is 0 Å². The van der Waals surface area contributed by atoms with Crippen molar-refractivity contribution in [2.45, 2.75) is 209 Å². The van der Waals surface area contributed by atoms with Crippen LogP contribution in [0.3, 0.4) is 0 Å². The Kier molecular flexibility index (Phi) is 24.6. The van der Waals surface area contributed by atoms with Crippen LogP contribution in [0.1, 0.15) is 197 Å². The number of carbonyl (C=O) groups excluding carboxylic acids is 2. The molecule has 0 amide bonds. The first-order valence-corrected chi connectivity index (χ1v) is 31.6. The van der Waals surface area contributed by atoms with Gasteiger partial charge in [-0.2, -0.15) is 0 Å². The topological polar surface area (TPSA) is 190 Å². The number of fused-ring (bicyclic) bond motifs is 5. The first-order valence-electron chi connectivity index (χ1n) is 30.1. The van der Waals surface area contributed by atoms with Crippen molar-refractivity contribution in [3.8, 4) is 0 Å². The first kappa shape index (κ1) is 63.7. The van der Waals surface area contributed by atoms with E-state index in [1.807, 2.05) is 34.1 Å². The molecule has 0 saturated carbocycles. The van der Waals surface area contributed by atoms with E-state index in [4.69, 9.17) is 38.2 Å². The Balaban J connectivity index is 1.19. The summed E-state index contributed by atoms with van der Waals surface area (Å²) in [7, 11) is 0.955. The van der Waals surface area contributed by atoms with Crippen LogP contribution in [-0.4, -0.2) is 105 Å². The fourth-order valence-corrected chi connectivity index (χ4v) is 12.1. The van der Waals surface area contributed by atoms with E-state index in [1.54, 1.807) is 0 Å². The fourth-order valence-electron chi connectivity index (χ4n) is 11.3. The number of hydrogen-bond acceptors (Lipinski definition) is 14. The zero-order chi connectivity index (χ0) is 57.3. The van der Waals surface area contributed by atoms with Gasteiger partial charge in [-0.3, -0.25) is 14.2 Å². The Morgan fingerprint density at radius 1 is 0.759 bits per heavy atom. The number of allylic oxidation sites excluding steroid dienone is 11. The minimum Gasteiger partial charge on any atom is -0.756 e. The second-order valence-electron chi connectivity index (χ2n) is 23.5. The second-order valence-corrected chi connectivity index (χ2v) is 24.9. The Morgan fingerprint density at radius 3 is 2.03 bits per heavy atom. The van der Waals surface area contributed by atoms with Crippen LogP contribution >= 0.6 is 7.82 Å². The molecule has 438 valence electrons. The third-order valence-corrected chi connectivity index (χ3v) is 17.1. The highest BCUT2D eigenvalue weighted by Crippen LogP contribution is 2.47. The number of quaternary nitrogens is 1. The van der Waals surface area contributed by atoms with E-state index in [9.17, 15) is 24.2 Å². The highest BCUT2D eigenvalue weighted by Gasteiger charge is 2.42. The van der Waals surface area contributed by atoms with Crippen molar-refractivity contribution < 1.29 is 51.9 Å². The second kappa shape index (κ2) is 30.5.